The van der Waals surface area contributed by atoms with E-state index < -0.39 is 27.5 Å². The summed E-state index contributed by atoms with van der Waals surface area (Å²) in [6.45, 7) is 3.90. The number of rotatable bonds is 4. The maximum absolute atomic E-state index is 13.3. The van der Waals surface area contributed by atoms with Crippen LogP contribution in [-0.4, -0.2) is 31.4 Å². The van der Waals surface area contributed by atoms with Crippen molar-refractivity contribution in [2.45, 2.75) is 35.8 Å². The minimum Gasteiger partial charge on any atom is -0.492 e. The second-order valence-electron chi connectivity index (χ2n) is 8.90. The summed E-state index contributed by atoms with van der Waals surface area (Å²) in [5.41, 5.74) is 0.159. The third-order valence-corrected chi connectivity index (χ3v) is 7.98. The van der Waals surface area contributed by atoms with Crippen molar-refractivity contribution < 1.29 is 27.5 Å². The van der Waals surface area contributed by atoms with Gasteiger partial charge in [-0.3, -0.25) is 0 Å². The van der Waals surface area contributed by atoms with Crippen LogP contribution in [0.4, 0.5) is 0 Å². The fourth-order valence-corrected chi connectivity index (χ4v) is 5.42. The van der Waals surface area contributed by atoms with E-state index in [4.69, 9.17) is 25.6 Å². The van der Waals surface area contributed by atoms with Crippen molar-refractivity contribution in [2.24, 2.45) is 5.41 Å². The lowest BCUT2D eigenvalue weighted by molar-refractivity contribution is -0.0493. The zero-order valence-electron chi connectivity index (χ0n) is 18.4. The summed E-state index contributed by atoms with van der Waals surface area (Å²) in [4.78, 5) is 0.231. The van der Waals surface area contributed by atoms with E-state index >= 15 is 0 Å². The number of benzene rings is 3. The summed E-state index contributed by atoms with van der Waals surface area (Å²) in [6, 6.07) is 17.7. The van der Waals surface area contributed by atoms with Crippen LogP contribution in [0.15, 0.2) is 81.0 Å². The van der Waals surface area contributed by atoms with Crippen LogP contribution in [-0.2, 0) is 9.84 Å². The summed E-state index contributed by atoms with van der Waals surface area (Å²) in [7, 11) is -3.80. The molecule has 34 heavy (non-hydrogen) atoms. The van der Waals surface area contributed by atoms with Crippen molar-refractivity contribution in [3.05, 3.63) is 77.3 Å². The van der Waals surface area contributed by atoms with Crippen molar-refractivity contribution >= 4 is 32.4 Å². The maximum Gasteiger partial charge on any atom is 0.262 e. The largest absolute Gasteiger partial charge is 0.492 e. The Bertz CT molecular complexity index is 1470. The summed E-state index contributed by atoms with van der Waals surface area (Å²) in [5.74, 6) is 0.564. The first-order valence-corrected chi connectivity index (χ1v) is 12.5. The molecule has 2 atom stereocenters. The number of sulfone groups is 1. The molecule has 0 aliphatic carbocycles. The molecule has 0 unspecified atom stereocenters. The minimum absolute atomic E-state index is 0.0645. The second-order valence-corrected chi connectivity index (χ2v) is 11.3. The van der Waals surface area contributed by atoms with E-state index in [1.807, 2.05) is 13.8 Å². The van der Waals surface area contributed by atoms with Crippen molar-refractivity contribution in [3.8, 4) is 11.6 Å². The standard InChI is InChI=1S/C25H22ClNO6S/c1-25(2)14-31-20-11-9-17(34(29,30)16-6-4-3-5-7-16)13-18(20)22(23(25)28)32-24-19-12-15(26)8-10-21(19)33-27-24/h3-13,22-23,28H,14H2,1-2H3/t22-,23+/m1/s1. The molecular weight excluding hydrogens is 478 g/mol. The van der Waals surface area contributed by atoms with Gasteiger partial charge in [0.15, 0.2) is 11.7 Å². The summed E-state index contributed by atoms with van der Waals surface area (Å²) in [5, 5.41) is 16.3. The highest BCUT2D eigenvalue weighted by Crippen LogP contribution is 2.43. The van der Waals surface area contributed by atoms with Crippen LogP contribution in [0.3, 0.4) is 0 Å². The average molecular weight is 500 g/mol. The molecule has 0 saturated heterocycles. The van der Waals surface area contributed by atoms with Gasteiger partial charge in [-0.15, -0.1) is 0 Å². The van der Waals surface area contributed by atoms with Gasteiger partial charge in [0, 0.05) is 16.0 Å². The molecule has 1 aliphatic heterocycles. The minimum atomic E-state index is -3.80. The first kappa shape index (κ1) is 22.7. The Morgan fingerprint density at radius 2 is 1.82 bits per heavy atom. The van der Waals surface area contributed by atoms with Gasteiger partial charge in [0.2, 0.25) is 9.84 Å². The lowest BCUT2D eigenvalue weighted by atomic mass is 9.83. The topological polar surface area (TPSA) is 98.9 Å². The number of nitrogens with zero attached hydrogens (tertiary/aromatic N) is 1. The summed E-state index contributed by atoms with van der Waals surface area (Å²) >= 11 is 6.14. The molecule has 0 fully saturated rings. The zero-order chi connectivity index (χ0) is 24.1. The van der Waals surface area contributed by atoms with Crippen molar-refractivity contribution in [2.75, 3.05) is 6.61 Å². The number of aliphatic hydroxyl groups excluding tert-OH is 1. The van der Waals surface area contributed by atoms with Crippen LogP contribution in [0.2, 0.25) is 5.02 Å². The third-order valence-electron chi connectivity index (χ3n) is 5.98. The Labute approximate surface area is 201 Å². The van der Waals surface area contributed by atoms with Crippen molar-refractivity contribution in [1.82, 2.24) is 5.16 Å². The lowest BCUT2D eigenvalue weighted by Gasteiger charge is -2.32. The van der Waals surface area contributed by atoms with E-state index in [0.29, 0.717) is 27.3 Å². The Hall–Kier alpha value is -3.07. The van der Waals surface area contributed by atoms with E-state index in [1.54, 1.807) is 42.5 Å². The third kappa shape index (κ3) is 3.91. The molecule has 0 amide bonds. The molecular formula is C25H22ClNO6S. The van der Waals surface area contributed by atoms with Gasteiger partial charge in [-0.1, -0.05) is 43.6 Å². The highest BCUT2D eigenvalue weighted by Gasteiger charge is 2.42. The number of ether oxygens (including phenoxy) is 2. The van der Waals surface area contributed by atoms with Gasteiger partial charge >= 0.3 is 0 Å². The molecule has 4 aromatic rings. The molecule has 1 N–H and O–H groups in total. The Kier molecular flexibility index (Phi) is 5.55. The molecule has 0 spiro atoms. The van der Waals surface area contributed by atoms with Gasteiger partial charge in [-0.2, -0.15) is 0 Å². The highest BCUT2D eigenvalue weighted by molar-refractivity contribution is 7.91. The zero-order valence-corrected chi connectivity index (χ0v) is 20.0. The normalized spacial score (nSPS) is 19.8. The van der Waals surface area contributed by atoms with Crippen LogP contribution < -0.4 is 9.47 Å². The van der Waals surface area contributed by atoms with E-state index in [1.165, 1.54) is 24.3 Å². The Morgan fingerprint density at radius 3 is 2.59 bits per heavy atom. The fraction of sp³-hybridized carbons (Fsp3) is 0.240. The Balaban J connectivity index is 1.63. The van der Waals surface area contributed by atoms with Crippen LogP contribution in [0.25, 0.3) is 11.0 Å². The smallest absolute Gasteiger partial charge is 0.262 e. The van der Waals surface area contributed by atoms with Gasteiger partial charge in [0.25, 0.3) is 5.88 Å². The van der Waals surface area contributed by atoms with E-state index in [0.717, 1.165) is 0 Å². The molecule has 1 aliphatic rings. The quantitative estimate of drug-likeness (QED) is 0.411. The van der Waals surface area contributed by atoms with Crippen LogP contribution >= 0.6 is 11.6 Å². The first-order valence-electron chi connectivity index (χ1n) is 10.6. The molecule has 0 bridgehead atoms. The van der Waals surface area contributed by atoms with E-state index in [2.05, 4.69) is 5.16 Å². The summed E-state index contributed by atoms with van der Waals surface area (Å²) < 4.78 is 44.0. The van der Waals surface area contributed by atoms with E-state index in [-0.39, 0.29) is 22.3 Å². The molecule has 0 radical (unpaired) electrons. The predicted molar refractivity (Wildman–Crippen MR) is 126 cm³/mol. The monoisotopic (exact) mass is 499 g/mol. The van der Waals surface area contributed by atoms with Crippen molar-refractivity contribution in [1.29, 1.82) is 0 Å². The van der Waals surface area contributed by atoms with Crippen LogP contribution in [0.5, 0.6) is 11.6 Å². The van der Waals surface area contributed by atoms with Gasteiger partial charge < -0.3 is 19.1 Å². The van der Waals surface area contributed by atoms with Crippen LogP contribution in [0, 0.1) is 5.41 Å². The number of aromatic nitrogens is 1. The van der Waals surface area contributed by atoms with Gasteiger partial charge in [-0.05, 0) is 53.7 Å². The lowest BCUT2D eigenvalue weighted by Crippen LogP contribution is -2.39. The number of hydrogen-bond acceptors (Lipinski definition) is 7. The van der Waals surface area contributed by atoms with Crippen LogP contribution in [0.1, 0.15) is 25.5 Å². The molecule has 5 rings (SSSR count). The number of fused-ring (bicyclic) bond motifs is 2. The van der Waals surface area contributed by atoms with Gasteiger partial charge in [-0.25, -0.2) is 8.42 Å². The molecule has 2 heterocycles. The number of aliphatic hydroxyl groups is 1. The number of halogens is 1. The Morgan fingerprint density at radius 1 is 1.06 bits per heavy atom. The molecule has 0 saturated carbocycles. The fourth-order valence-electron chi connectivity index (χ4n) is 3.93. The SMILES string of the molecule is CC1(C)COc2ccc(S(=O)(=O)c3ccccc3)cc2[C@@H](Oc2noc3ccc(Cl)cc23)[C@@H]1O. The molecule has 1 aromatic heterocycles. The van der Waals surface area contributed by atoms with Gasteiger partial charge in [0.1, 0.15) is 11.9 Å². The molecule has 9 heteroatoms. The average Bonchev–Trinajstić information content (AvgIpc) is 3.19. The van der Waals surface area contributed by atoms with E-state index in [9.17, 15) is 13.5 Å². The van der Waals surface area contributed by atoms with Gasteiger partial charge in [0.05, 0.1) is 21.8 Å². The summed E-state index contributed by atoms with van der Waals surface area (Å²) in [6.07, 6.45) is -2.03. The van der Waals surface area contributed by atoms with Crippen molar-refractivity contribution in [3.63, 3.8) is 0 Å². The highest BCUT2D eigenvalue weighted by atomic mass is 35.5. The predicted octanol–water partition coefficient (Wildman–Crippen LogP) is 5.21. The maximum atomic E-state index is 13.3. The second kappa shape index (κ2) is 8.30. The molecule has 3 aromatic carbocycles. The molecule has 7 nitrogen and oxygen atoms in total. The first-order chi connectivity index (χ1) is 16.2. The number of hydrogen-bond donors (Lipinski definition) is 1. The molecule has 176 valence electrons.